The van der Waals surface area contributed by atoms with Crippen LogP contribution in [-0.2, 0) is 6.42 Å². The molecule has 0 N–H and O–H groups in total. The molecule has 0 aliphatic carbocycles. The van der Waals surface area contributed by atoms with Crippen LogP contribution < -0.4 is 0 Å². The molecular formula is C24H25FN2. The summed E-state index contributed by atoms with van der Waals surface area (Å²) in [4.78, 5) is 9.13. The Labute approximate surface area is 160 Å². The first-order chi connectivity index (χ1) is 13.2. The molecule has 1 unspecified atom stereocenters. The Hall–Kier alpha value is -2.81. The normalized spacial score (nSPS) is 12.5. The third-order valence-corrected chi connectivity index (χ3v) is 4.47. The lowest BCUT2D eigenvalue weighted by Crippen LogP contribution is -1.91. The highest BCUT2D eigenvalue weighted by Gasteiger charge is 2.03. The van der Waals surface area contributed by atoms with E-state index in [4.69, 9.17) is 0 Å². The van der Waals surface area contributed by atoms with Crippen LogP contribution in [0.15, 0.2) is 67.4 Å². The molecule has 1 heterocycles. The molecule has 1 atom stereocenters. The highest BCUT2D eigenvalue weighted by Crippen LogP contribution is 2.23. The summed E-state index contributed by atoms with van der Waals surface area (Å²) in [6.45, 7) is 5.36. The van der Waals surface area contributed by atoms with E-state index in [1.807, 2.05) is 18.3 Å². The zero-order valence-electron chi connectivity index (χ0n) is 15.7. The second-order valence-electron chi connectivity index (χ2n) is 6.79. The summed E-state index contributed by atoms with van der Waals surface area (Å²) in [5, 5.41) is 0. The number of benzene rings is 2. The number of hydrogen-bond acceptors (Lipinski definition) is 2. The quantitative estimate of drug-likeness (QED) is 0.335. The average molecular weight is 360 g/mol. The Morgan fingerprint density at radius 2 is 1.85 bits per heavy atom. The smallest absolute Gasteiger partial charge is 0.0973 e. The fourth-order valence-electron chi connectivity index (χ4n) is 3.00. The maximum atomic E-state index is 12.8. The molecule has 2 nitrogen and oxygen atoms in total. The summed E-state index contributed by atoms with van der Waals surface area (Å²) in [5.74, 6) is 0. The Balaban J connectivity index is 1.70. The minimum atomic E-state index is -0.710. The molecule has 0 amide bonds. The van der Waals surface area contributed by atoms with E-state index in [-0.39, 0.29) is 0 Å². The Kier molecular flexibility index (Phi) is 6.48. The van der Waals surface area contributed by atoms with Gasteiger partial charge in [-0.25, -0.2) is 9.37 Å². The van der Waals surface area contributed by atoms with Gasteiger partial charge in [-0.3, -0.25) is 4.98 Å². The van der Waals surface area contributed by atoms with Crippen molar-refractivity contribution in [2.24, 2.45) is 0 Å². The van der Waals surface area contributed by atoms with Gasteiger partial charge in [-0.1, -0.05) is 48.6 Å². The van der Waals surface area contributed by atoms with Crippen LogP contribution in [-0.4, -0.2) is 16.1 Å². The van der Waals surface area contributed by atoms with Crippen molar-refractivity contribution < 1.29 is 4.39 Å². The number of allylic oxidation sites excluding steroid dienone is 2. The number of alkyl halides is 1. The molecular weight excluding hydrogens is 335 g/mol. The molecule has 3 aromatic rings. The minimum Gasteiger partial charge on any atom is -0.253 e. The van der Waals surface area contributed by atoms with Gasteiger partial charge in [0.2, 0.25) is 0 Å². The van der Waals surface area contributed by atoms with Gasteiger partial charge in [0.1, 0.15) is 0 Å². The molecule has 0 aliphatic heterocycles. The first-order valence-electron chi connectivity index (χ1n) is 9.43. The SMILES string of the molecule is C=CCc1cnc2cc(-c3ccc(C=CCCCC(C)F)cc3)ccc2n1. The third kappa shape index (κ3) is 5.33. The van der Waals surface area contributed by atoms with Crippen molar-refractivity contribution in [3.05, 3.63) is 78.6 Å². The molecule has 3 heteroatoms. The number of unbranched alkanes of at least 4 members (excludes halogenated alkanes) is 1. The lowest BCUT2D eigenvalue weighted by atomic mass is 10.0. The fourth-order valence-corrected chi connectivity index (χ4v) is 3.00. The number of rotatable bonds is 8. The summed E-state index contributed by atoms with van der Waals surface area (Å²) >= 11 is 0. The number of halogens is 1. The first-order valence-corrected chi connectivity index (χ1v) is 9.43. The second-order valence-corrected chi connectivity index (χ2v) is 6.79. The molecule has 0 radical (unpaired) electrons. The van der Waals surface area contributed by atoms with E-state index in [0.717, 1.165) is 52.7 Å². The van der Waals surface area contributed by atoms with Crippen molar-refractivity contribution in [3.8, 4) is 11.1 Å². The Morgan fingerprint density at radius 3 is 2.59 bits per heavy atom. The van der Waals surface area contributed by atoms with Crippen LogP contribution in [0.4, 0.5) is 4.39 Å². The number of fused-ring (bicyclic) bond motifs is 1. The highest BCUT2D eigenvalue weighted by atomic mass is 19.1. The lowest BCUT2D eigenvalue weighted by Gasteiger charge is -2.05. The summed E-state index contributed by atoms with van der Waals surface area (Å²) < 4.78 is 12.8. The van der Waals surface area contributed by atoms with Crippen molar-refractivity contribution >= 4 is 17.1 Å². The molecule has 2 aromatic carbocycles. The van der Waals surface area contributed by atoms with Crippen LogP contribution in [0.2, 0.25) is 0 Å². The maximum Gasteiger partial charge on any atom is 0.0973 e. The molecule has 138 valence electrons. The van der Waals surface area contributed by atoms with E-state index < -0.39 is 6.17 Å². The van der Waals surface area contributed by atoms with Crippen LogP contribution in [0.3, 0.4) is 0 Å². The number of nitrogens with zero attached hydrogens (tertiary/aromatic N) is 2. The van der Waals surface area contributed by atoms with Crippen LogP contribution >= 0.6 is 0 Å². The molecule has 0 saturated carbocycles. The third-order valence-electron chi connectivity index (χ3n) is 4.47. The van der Waals surface area contributed by atoms with Gasteiger partial charge in [0, 0.05) is 12.6 Å². The zero-order chi connectivity index (χ0) is 19.1. The van der Waals surface area contributed by atoms with E-state index in [1.54, 1.807) is 6.92 Å². The standard InChI is InChI=1S/C24H25FN2/c1-3-7-22-17-26-24-16-21(14-15-23(24)27-22)20-12-10-19(11-13-20)9-6-4-5-8-18(2)25/h3,6,9-18H,1,4-5,7-8H2,2H3. The topological polar surface area (TPSA) is 25.8 Å². The van der Waals surface area contributed by atoms with Crippen LogP contribution in [0, 0.1) is 0 Å². The fraction of sp³-hybridized carbons (Fsp3) is 0.250. The van der Waals surface area contributed by atoms with E-state index >= 15 is 0 Å². The molecule has 0 spiro atoms. The van der Waals surface area contributed by atoms with E-state index in [9.17, 15) is 4.39 Å². The molecule has 0 bridgehead atoms. The van der Waals surface area contributed by atoms with Crippen molar-refractivity contribution in [1.82, 2.24) is 9.97 Å². The van der Waals surface area contributed by atoms with Crippen molar-refractivity contribution in [3.63, 3.8) is 0 Å². The van der Waals surface area contributed by atoms with Gasteiger partial charge in [0.25, 0.3) is 0 Å². The van der Waals surface area contributed by atoms with Gasteiger partial charge in [0.15, 0.2) is 0 Å². The molecule has 0 aliphatic rings. The highest BCUT2D eigenvalue weighted by molar-refractivity contribution is 5.81. The van der Waals surface area contributed by atoms with Crippen molar-refractivity contribution in [2.45, 2.75) is 38.8 Å². The average Bonchev–Trinajstić information content (AvgIpc) is 2.68. The van der Waals surface area contributed by atoms with E-state index in [2.05, 4.69) is 65.1 Å². The van der Waals surface area contributed by atoms with E-state index in [0.29, 0.717) is 6.42 Å². The number of hydrogen-bond donors (Lipinski definition) is 0. The van der Waals surface area contributed by atoms with Gasteiger partial charge in [0.05, 0.1) is 22.9 Å². The molecule has 0 fully saturated rings. The molecule has 0 saturated heterocycles. The van der Waals surface area contributed by atoms with Gasteiger partial charge in [-0.2, -0.15) is 0 Å². The summed E-state index contributed by atoms with van der Waals surface area (Å²) in [6, 6.07) is 14.6. The summed E-state index contributed by atoms with van der Waals surface area (Å²) in [5.41, 5.74) is 6.16. The molecule has 3 rings (SSSR count). The minimum absolute atomic E-state index is 0.628. The van der Waals surface area contributed by atoms with Crippen molar-refractivity contribution in [2.75, 3.05) is 0 Å². The predicted molar refractivity (Wildman–Crippen MR) is 112 cm³/mol. The Morgan fingerprint density at radius 1 is 1.07 bits per heavy atom. The monoisotopic (exact) mass is 360 g/mol. The van der Waals surface area contributed by atoms with Gasteiger partial charge in [-0.05, 0) is 55.0 Å². The van der Waals surface area contributed by atoms with E-state index in [1.165, 1.54) is 0 Å². The number of aromatic nitrogens is 2. The summed E-state index contributed by atoms with van der Waals surface area (Å²) in [7, 11) is 0. The second kappa shape index (κ2) is 9.22. The lowest BCUT2D eigenvalue weighted by molar-refractivity contribution is 0.335. The Bertz CT molecular complexity index is 927. The van der Waals surface area contributed by atoms with Gasteiger partial charge in [-0.15, -0.1) is 6.58 Å². The molecule has 27 heavy (non-hydrogen) atoms. The van der Waals surface area contributed by atoms with Crippen molar-refractivity contribution in [1.29, 1.82) is 0 Å². The predicted octanol–water partition coefficient (Wildman–Crippen LogP) is 6.57. The van der Waals surface area contributed by atoms with Crippen LogP contribution in [0.1, 0.15) is 37.4 Å². The van der Waals surface area contributed by atoms with Gasteiger partial charge >= 0.3 is 0 Å². The largest absolute Gasteiger partial charge is 0.253 e. The van der Waals surface area contributed by atoms with Gasteiger partial charge < -0.3 is 0 Å². The molecule has 1 aromatic heterocycles. The first kappa shape index (κ1) is 19.0. The van der Waals surface area contributed by atoms with Crippen LogP contribution in [0.5, 0.6) is 0 Å². The van der Waals surface area contributed by atoms with Crippen LogP contribution in [0.25, 0.3) is 28.2 Å². The zero-order valence-corrected chi connectivity index (χ0v) is 15.7. The maximum absolute atomic E-state index is 12.8. The summed E-state index contributed by atoms with van der Waals surface area (Å²) in [6.07, 6.45) is 10.3.